The lowest BCUT2D eigenvalue weighted by Crippen LogP contribution is -2.22. The van der Waals surface area contributed by atoms with Gasteiger partial charge >= 0.3 is 0 Å². The van der Waals surface area contributed by atoms with E-state index in [1.54, 1.807) is 25.2 Å². The summed E-state index contributed by atoms with van der Waals surface area (Å²) in [4.78, 5) is 24.7. The van der Waals surface area contributed by atoms with Gasteiger partial charge in [-0.15, -0.1) is 0 Å². The maximum atomic E-state index is 12.4. The Kier molecular flexibility index (Phi) is 4.72. The van der Waals surface area contributed by atoms with Crippen LogP contribution >= 0.6 is 0 Å². The number of rotatable bonds is 4. The van der Waals surface area contributed by atoms with Gasteiger partial charge in [0.15, 0.2) is 0 Å². The molecule has 0 aliphatic carbocycles. The van der Waals surface area contributed by atoms with Gasteiger partial charge in [-0.25, -0.2) is 4.68 Å². The number of benzene rings is 3. The number of aryl methyl sites for hydroxylation is 1. The molecule has 28 heavy (non-hydrogen) atoms. The van der Waals surface area contributed by atoms with Crippen molar-refractivity contribution in [2.75, 3.05) is 0 Å². The van der Waals surface area contributed by atoms with Crippen LogP contribution in [0.5, 0.6) is 0 Å². The molecule has 4 aromatic rings. The SMILES string of the molecule is Cn1nc(-c2ccc(C(=O)NCc3ccccc3)cc2)c2ccccc2c1=O. The van der Waals surface area contributed by atoms with Crippen LogP contribution in [-0.4, -0.2) is 15.7 Å². The molecule has 0 bridgehead atoms. The zero-order chi connectivity index (χ0) is 19.5. The van der Waals surface area contributed by atoms with E-state index in [1.165, 1.54) is 4.68 Å². The lowest BCUT2D eigenvalue weighted by atomic mass is 10.0. The Balaban J connectivity index is 1.60. The number of amides is 1. The minimum atomic E-state index is -0.131. The first-order valence-electron chi connectivity index (χ1n) is 9.02. The van der Waals surface area contributed by atoms with Crippen molar-refractivity contribution in [1.29, 1.82) is 0 Å². The molecule has 0 aliphatic heterocycles. The van der Waals surface area contributed by atoms with Gasteiger partial charge in [-0.1, -0.05) is 60.7 Å². The molecule has 4 rings (SSSR count). The van der Waals surface area contributed by atoms with Crippen molar-refractivity contribution in [3.05, 3.63) is 100 Å². The third-order valence-electron chi connectivity index (χ3n) is 4.67. The summed E-state index contributed by atoms with van der Waals surface area (Å²) in [7, 11) is 1.64. The topological polar surface area (TPSA) is 64.0 Å². The van der Waals surface area contributed by atoms with Crippen LogP contribution in [0.3, 0.4) is 0 Å². The molecule has 3 aromatic carbocycles. The highest BCUT2D eigenvalue weighted by molar-refractivity contribution is 5.96. The summed E-state index contributed by atoms with van der Waals surface area (Å²) in [6.45, 7) is 0.481. The van der Waals surface area contributed by atoms with E-state index in [9.17, 15) is 9.59 Å². The third kappa shape index (κ3) is 3.42. The van der Waals surface area contributed by atoms with E-state index >= 15 is 0 Å². The Morgan fingerprint density at radius 3 is 2.25 bits per heavy atom. The van der Waals surface area contributed by atoms with Gasteiger partial charge in [-0.3, -0.25) is 9.59 Å². The van der Waals surface area contributed by atoms with E-state index in [0.29, 0.717) is 23.2 Å². The molecule has 5 heteroatoms. The maximum absolute atomic E-state index is 12.4. The van der Waals surface area contributed by atoms with E-state index < -0.39 is 0 Å². The van der Waals surface area contributed by atoms with Crippen molar-refractivity contribution < 1.29 is 4.79 Å². The average molecular weight is 369 g/mol. The zero-order valence-corrected chi connectivity index (χ0v) is 15.4. The zero-order valence-electron chi connectivity index (χ0n) is 15.4. The second kappa shape index (κ2) is 7.48. The largest absolute Gasteiger partial charge is 0.348 e. The van der Waals surface area contributed by atoms with Gasteiger partial charge in [0.05, 0.1) is 11.1 Å². The Morgan fingerprint density at radius 1 is 0.893 bits per heavy atom. The Labute approximate surface area is 162 Å². The van der Waals surface area contributed by atoms with Crippen LogP contribution in [-0.2, 0) is 13.6 Å². The standard InChI is InChI=1S/C23H19N3O2/c1-26-23(28)20-10-6-5-9-19(20)21(25-26)17-11-13-18(14-12-17)22(27)24-15-16-7-3-2-4-8-16/h2-14H,15H2,1H3,(H,24,27). The summed E-state index contributed by atoms with van der Waals surface area (Å²) >= 11 is 0. The van der Waals surface area contributed by atoms with E-state index in [-0.39, 0.29) is 11.5 Å². The lowest BCUT2D eigenvalue weighted by molar-refractivity contribution is 0.0951. The van der Waals surface area contributed by atoms with Crippen LogP contribution in [0.25, 0.3) is 22.0 Å². The highest BCUT2D eigenvalue weighted by atomic mass is 16.1. The Hall–Kier alpha value is -3.73. The predicted octanol–water partition coefficient (Wildman–Crippen LogP) is 3.53. The summed E-state index contributed by atoms with van der Waals surface area (Å²) < 4.78 is 1.35. The first kappa shape index (κ1) is 17.7. The molecule has 0 radical (unpaired) electrons. The van der Waals surface area contributed by atoms with Crippen LogP contribution in [0.15, 0.2) is 83.7 Å². The molecular formula is C23H19N3O2. The van der Waals surface area contributed by atoms with Crippen molar-refractivity contribution in [3.63, 3.8) is 0 Å². The molecule has 0 saturated carbocycles. The van der Waals surface area contributed by atoms with Gasteiger partial charge in [0.25, 0.3) is 11.5 Å². The van der Waals surface area contributed by atoms with Gasteiger partial charge < -0.3 is 5.32 Å². The molecule has 0 fully saturated rings. The fourth-order valence-corrected chi connectivity index (χ4v) is 3.17. The quantitative estimate of drug-likeness (QED) is 0.599. The summed E-state index contributed by atoms with van der Waals surface area (Å²) in [6.07, 6.45) is 0. The van der Waals surface area contributed by atoms with Crippen molar-refractivity contribution >= 4 is 16.7 Å². The van der Waals surface area contributed by atoms with Crippen LogP contribution in [0, 0.1) is 0 Å². The number of carbonyl (C=O) groups excluding carboxylic acids is 1. The third-order valence-corrected chi connectivity index (χ3v) is 4.67. The van der Waals surface area contributed by atoms with Gasteiger partial charge in [-0.05, 0) is 23.8 Å². The van der Waals surface area contributed by atoms with Gasteiger partial charge in [0.2, 0.25) is 0 Å². The second-order valence-corrected chi connectivity index (χ2v) is 6.57. The molecule has 1 N–H and O–H groups in total. The van der Waals surface area contributed by atoms with Gasteiger partial charge in [-0.2, -0.15) is 5.10 Å². The number of nitrogens with zero attached hydrogens (tertiary/aromatic N) is 2. The molecule has 0 atom stereocenters. The molecule has 0 saturated heterocycles. The van der Waals surface area contributed by atoms with E-state index in [2.05, 4.69) is 10.4 Å². The first-order chi connectivity index (χ1) is 13.6. The lowest BCUT2D eigenvalue weighted by Gasteiger charge is -2.09. The Morgan fingerprint density at radius 2 is 1.54 bits per heavy atom. The molecule has 0 aliphatic rings. The molecule has 1 aromatic heterocycles. The van der Waals surface area contributed by atoms with Gasteiger partial charge in [0, 0.05) is 30.1 Å². The highest BCUT2D eigenvalue weighted by Gasteiger charge is 2.11. The summed E-state index contributed by atoms with van der Waals surface area (Å²) in [5, 5.41) is 8.77. The van der Waals surface area contributed by atoms with Crippen molar-refractivity contribution in [1.82, 2.24) is 15.1 Å². The van der Waals surface area contributed by atoms with Gasteiger partial charge in [0.1, 0.15) is 0 Å². The van der Waals surface area contributed by atoms with Crippen molar-refractivity contribution in [3.8, 4) is 11.3 Å². The summed E-state index contributed by atoms with van der Waals surface area (Å²) in [5.41, 5.74) is 3.07. The molecule has 1 amide bonds. The number of hydrogen-bond acceptors (Lipinski definition) is 3. The second-order valence-electron chi connectivity index (χ2n) is 6.57. The minimum Gasteiger partial charge on any atom is -0.348 e. The van der Waals surface area contributed by atoms with E-state index in [1.807, 2.05) is 60.7 Å². The average Bonchev–Trinajstić information content (AvgIpc) is 2.75. The van der Waals surface area contributed by atoms with Crippen LogP contribution < -0.4 is 10.9 Å². The molecular weight excluding hydrogens is 350 g/mol. The normalized spacial score (nSPS) is 10.8. The van der Waals surface area contributed by atoms with E-state index in [4.69, 9.17) is 0 Å². The van der Waals surface area contributed by atoms with E-state index in [0.717, 1.165) is 16.5 Å². The molecule has 0 spiro atoms. The maximum Gasteiger partial charge on any atom is 0.274 e. The minimum absolute atomic E-state index is 0.128. The van der Waals surface area contributed by atoms with Crippen molar-refractivity contribution in [2.24, 2.45) is 7.05 Å². The first-order valence-corrected chi connectivity index (χ1v) is 9.02. The number of nitrogens with one attached hydrogen (secondary N) is 1. The summed E-state index contributed by atoms with van der Waals surface area (Å²) in [6, 6.07) is 24.5. The number of hydrogen-bond donors (Lipinski definition) is 1. The number of aromatic nitrogens is 2. The number of fused-ring (bicyclic) bond motifs is 1. The monoisotopic (exact) mass is 369 g/mol. The number of carbonyl (C=O) groups is 1. The van der Waals surface area contributed by atoms with Crippen molar-refractivity contribution in [2.45, 2.75) is 6.54 Å². The highest BCUT2D eigenvalue weighted by Crippen LogP contribution is 2.24. The molecule has 5 nitrogen and oxygen atoms in total. The smallest absolute Gasteiger partial charge is 0.274 e. The molecule has 0 unspecified atom stereocenters. The van der Waals surface area contributed by atoms with Crippen LogP contribution in [0.2, 0.25) is 0 Å². The van der Waals surface area contributed by atoms with Crippen LogP contribution in [0.1, 0.15) is 15.9 Å². The Bertz CT molecular complexity index is 1200. The fourth-order valence-electron chi connectivity index (χ4n) is 3.17. The predicted molar refractivity (Wildman–Crippen MR) is 110 cm³/mol. The molecule has 1 heterocycles. The fraction of sp³-hybridized carbons (Fsp3) is 0.0870. The van der Waals surface area contributed by atoms with Crippen LogP contribution in [0.4, 0.5) is 0 Å². The summed E-state index contributed by atoms with van der Waals surface area (Å²) in [5.74, 6) is -0.131. The molecule has 138 valence electrons.